The lowest BCUT2D eigenvalue weighted by molar-refractivity contribution is 0.340. The van der Waals surface area contributed by atoms with Crippen LogP contribution in [0.3, 0.4) is 0 Å². The molecule has 128 valence electrons. The van der Waals surface area contributed by atoms with Gasteiger partial charge in [0, 0.05) is 23.7 Å². The van der Waals surface area contributed by atoms with E-state index in [1.165, 1.54) is 12.8 Å². The average molecular weight is 326 g/mol. The fourth-order valence-corrected chi connectivity index (χ4v) is 2.45. The second-order valence-corrected chi connectivity index (χ2v) is 6.31. The summed E-state index contributed by atoms with van der Waals surface area (Å²) in [7, 11) is 0. The molecule has 3 rings (SSSR count). The van der Waals surface area contributed by atoms with Crippen LogP contribution in [0.15, 0.2) is 30.3 Å². The van der Waals surface area contributed by atoms with Gasteiger partial charge in [-0.3, -0.25) is 0 Å². The van der Waals surface area contributed by atoms with Crippen LogP contribution < -0.4 is 15.4 Å². The fraction of sp³-hybridized carbons (Fsp3) is 0.474. The summed E-state index contributed by atoms with van der Waals surface area (Å²) in [5.41, 5.74) is 2.12. The predicted molar refractivity (Wildman–Crippen MR) is 98.3 cm³/mol. The summed E-state index contributed by atoms with van der Waals surface area (Å²) in [6.07, 6.45) is 3.49. The van der Waals surface area contributed by atoms with Gasteiger partial charge >= 0.3 is 0 Å². The minimum atomic E-state index is 0.359. The van der Waals surface area contributed by atoms with Crippen molar-refractivity contribution in [2.24, 2.45) is 0 Å². The van der Waals surface area contributed by atoms with Crippen LogP contribution in [0.25, 0.3) is 0 Å². The van der Waals surface area contributed by atoms with Crippen LogP contribution in [-0.4, -0.2) is 22.6 Å². The topological polar surface area (TPSA) is 59.1 Å². The van der Waals surface area contributed by atoms with Crippen LogP contribution in [0.5, 0.6) is 5.75 Å². The van der Waals surface area contributed by atoms with Gasteiger partial charge in [0.05, 0.1) is 12.3 Å². The van der Waals surface area contributed by atoms with E-state index in [-0.39, 0.29) is 0 Å². The second kappa shape index (κ2) is 7.51. The number of aromatic nitrogens is 2. The number of hydrogen-bond donors (Lipinski definition) is 2. The number of ether oxygens (including phenoxy) is 1. The molecule has 0 spiro atoms. The zero-order valence-electron chi connectivity index (χ0n) is 14.7. The number of benzene rings is 1. The van der Waals surface area contributed by atoms with Gasteiger partial charge in [-0.05, 0) is 57.4 Å². The molecule has 0 bridgehead atoms. The smallest absolute Gasteiger partial charge is 0.225 e. The molecule has 1 aliphatic rings. The molecule has 1 fully saturated rings. The van der Waals surface area contributed by atoms with Crippen molar-refractivity contribution >= 4 is 17.5 Å². The Balaban J connectivity index is 1.78. The summed E-state index contributed by atoms with van der Waals surface area (Å²) in [5, 5.41) is 6.77. The van der Waals surface area contributed by atoms with Crippen molar-refractivity contribution in [3.8, 4) is 5.75 Å². The Bertz CT molecular complexity index is 668. The molecule has 1 aromatic carbocycles. The first-order chi connectivity index (χ1) is 11.7. The third-order valence-corrected chi connectivity index (χ3v) is 4.17. The Morgan fingerprint density at radius 1 is 1.17 bits per heavy atom. The van der Waals surface area contributed by atoms with Crippen LogP contribution in [-0.2, 0) is 0 Å². The lowest BCUT2D eigenvalue weighted by Gasteiger charge is -2.14. The highest BCUT2D eigenvalue weighted by Crippen LogP contribution is 2.40. The summed E-state index contributed by atoms with van der Waals surface area (Å²) in [6, 6.07) is 10.4. The molecular weight excluding hydrogens is 300 g/mol. The first kappa shape index (κ1) is 16.6. The molecule has 0 radical (unpaired) electrons. The molecule has 0 saturated heterocycles. The van der Waals surface area contributed by atoms with Crippen molar-refractivity contribution in [3.63, 3.8) is 0 Å². The van der Waals surface area contributed by atoms with Crippen LogP contribution >= 0.6 is 0 Å². The number of nitrogens with zero attached hydrogens (tertiary/aromatic N) is 2. The zero-order valence-corrected chi connectivity index (χ0v) is 14.7. The van der Waals surface area contributed by atoms with Crippen LogP contribution in [0, 0.1) is 0 Å². The average Bonchev–Trinajstić information content (AvgIpc) is 3.41. The lowest BCUT2D eigenvalue weighted by atomic mass is 10.2. The minimum Gasteiger partial charge on any atom is -0.494 e. The molecule has 5 nitrogen and oxygen atoms in total. The highest BCUT2D eigenvalue weighted by Gasteiger charge is 2.26. The molecule has 1 atom stereocenters. The van der Waals surface area contributed by atoms with Gasteiger partial charge in [0.1, 0.15) is 11.6 Å². The Morgan fingerprint density at radius 3 is 2.54 bits per heavy atom. The molecule has 2 aromatic rings. The molecule has 1 heterocycles. The van der Waals surface area contributed by atoms with Gasteiger partial charge in [-0.2, -0.15) is 4.98 Å². The maximum absolute atomic E-state index is 5.48. The largest absolute Gasteiger partial charge is 0.494 e. The van der Waals surface area contributed by atoms with Crippen LogP contribution in [0.4, 0.5) is 17.5 Å². The van der Waals surface area contributed by atoms with Crippen LogP contribution in [0.2, 0.25) is 0 Å². The molecule has 1 aromatic heterocycles. The SMILES string of the molecule is CCOc1ccc(Nc2cc(C3CC3)nc(N[C@H](C)CC)n2)cc1. The normalized spacial score (nSPS) is 15.0. The quantitative estimate of drug-likeness (QED) is 0.736. The van der Waals surface area contributed by atoms with Crippen molar-refractivity contribution in [1.82, 2.24) is 9.97 Å². The molecule has 0 aliphatic heterocycles. The minimum absolute atomic E-state index is 0.359. The van der Waals surface area contributed by atoms with E-state index in [1.54, 1.807) is 0 Å². The second-order valence-electron chi connectivity index (χ2n) is 6.31. The number of rotatable bonds is 8. The first-order valence-corrected chi connectivity index (χ1v) is 8.83. The van der Waals surface area contributed by atoms with Crippen LogP contribution in [0.1, 0.15) is 51.6 Å². The van der Waals surface area contributed by atoms with E-state index in [4.69, 9.17) is 4.74 Å². The highest BCUT2D eigenvalue weighted by molar-refractivity contribution is 5.59. The Labute approximate surface area is 143 Å². The van der Waals surface area contributed by atoms with E-state index in [9.17, 15) is 0 Å². The summed E-state index contributed by atoms with van der Waals surface area (Å²) in [4.78, 5) is 9.30. The van der Waals surface area contributed by atoms with Gasteiger partial charge < -0.3 is 15.4 Å². The lowest BCUT2D eigenvalue weighted by Crippen LogP contribution is -2.16. The fourth-order valence-electron chi connectivity index (χ4n) is 2.45. The molecule has 0 amide bonds. The van der Waals surface area contributed by atoms with E-state index in [0.717, 1.165) is 29.4 Å². The first-order valence-electron chi connectivity index (χ1n) is 8.83. The predicted octanol–water partition coefficient (Wildman–Crippen LogP) is 4.71. The van der Waals surface area contributed by atoms with Gasteiger partial charge in [-0.1, -0.05) is 6.92 Å². The third-order valence-electron chi connectivity index (χ3n) is 4.17. The Kier molecular flexibility index (Phi) is 5.18. The standard InChI is InChI=1S/C19H26N4O/c1-4-13(3)20-19-22-17(14-6-7-14)12-18(23-19)21-15-8-10-16(11-9-15)24-5-2/h8-14H,4-7H2,1-3H3,(H2,20,21,22,23)/t13-/m1/s1. The van der Waals surface area contributed by atoms with E-state index >= 15 is 0 Å². The summed E-state index contributed by atoms with van der Waals surface area (Å²) >= 11 is 0. The highest BCUT2D eigenvalue weighted by atomic mass is 16.5. The van der Waals surface area contributed by atoms with Gasteiger partial charge in [-0.25, -0.2) is 4.98 Å². The van der Waals surface area contributed by atoms with Crippen molar-refractivity contribution in [2.75, 3.05) is 17.2 Å². The van der Waals surface area contributed by atoms with Gasteiger partial charge in [0.2, 0.25) is 5.95 Å². The van der Waals surface area contributed by atoms with Crippen molar-refractivity contribution in [3.05, 3.63) is 36.0 Å². The molecule has 0 unspecified atom stereocenters. The Morgan fingerprint density at radius 2 is 1.92 bits per heavy atom. The maximum atomic E-state index is 5.48. The molecule has 1 saturated carbocycles. The van der Waals surface area contributed by atoms with Crippen molar-refractivity contribution in [2.45, 2.75) is 52.0 Å². The van der Waals surface area contributed by atoms with E-state index in [1.807, 2.05) is 31.2 Å². The third kappa shape index (κ3) is 4.37. The van der Waals surface area contributed by atoms with Crippen molar-refractivity contribution in [1.29, 1.82) is 0 Å². The zero-order chi connectivity index (χ0) is 16.9. The Hall–Kier alpha value is -2.30. The molecule has 2 N–H and O–H groups in total. The summed E-state index contributed by atoms with van der Waals surface area (Å²) in [5.74, 6) is 3.01. The number of anilines is 3. The molecule has 24 heavy (non-hydrogen) atoms. The van der Waals surface area contributed by atoms with Gasteiger partial charge in [0.15, 0.2) is 0 Å². The van der Waals surface area contributed by atoms with E-state index in [0.29, 0.717) is 24.5 Å². The summed E-state index contributed by atoms with van der Waals surface area (Å²) < 4.78 is 5.48. The molecule has 1 aliphatic carbocycles. The molecular formula is C19H26N4O. The van der Waals surface area contributed by atoms with Gasteiger partial charge in [-0.15, -0.1) is 0 Å². The number of hydrogen-bond acceptors (Lipinski definition) is 5. The summed E-state index contributed by atoms with van der Waals surface area (Å²) in [6.45, 7) is 6.96. The monoisotopic (exact) mass is 326 g/mol. The number of nitrogens with one attached hydrogen (secondary N) is 2. The van der Waals surface area contributed by atoms with E-state index < -0.39 is 0 Å². The maximum Gasteiger partial charge on any atom is 0.225 e. The van der Waals surface area contributed by atoms with E-state index in [2.05, 4.69) is 40.5 Å². The van der Waals surface area contributed by atoms with Crippen molar-refractivity contribution < 1.29 is 4.74 Å². The molecule has 5 heteroatoms. The van der Waals surface area contributed by atoms with Gasteiger partial charge in [0.25, 0.3) is 0 Å².